The molecule has 2 N–H and O–H groups in total. The third-order valence-corrected chi connectivity index (χ3v) is 4.49. The number of ether oxygens (including phenoxy) is 1. The SMILES string of the molecule is COCCCNC(=O)c1ccc(CNC(=O)c2ccc(C(C)(C)C)cc2)cc1. The van der Waals surface area contributed by atoms with Crippen molar-refractivity contribution in [3.05, 3.63) is 70.8 Å². The molecule has 0 saturated heterocycles. The number of benzene rings is 2. The number of nitrogens with one attached hydrogen (secondary N) is 2. The van der Waals surface area contributed by atoms with Crippen LogP contribution in [-0.2, 0) is 16.7 Å². The molecule has 5 nitrogen and oxygen atoms in total. The van der Waals surface area contributed by atoms with E-state index in [0.29, 0.717) is 30.8 Å². The number of carbonyl (C=O) groups excluding carboxylic acids is 2. The summed E-state index contributed by atoms with van der Waals surface area (Å²) in [4.78, 5) is 24.4. The summed E-state index contributed by atoms with van der Waals surface area (Å²) in [6.45, 7) is 8.05. The molecule has 0 spiro atoms. The van der Waals surface area contributed by atoms with Crippen LogP contribution in [0.2, 0.25) is 0 Å². The van der Waals surface area contributed by atoms with Crippen LogP contribution in [0.1, 0.15) is 59.0 Å². The van der Waals surface area contributed by atoms with E-state index >= 15 is 0 Å². The quantitative estimate of drug-likeness (QED) is 0.685. The van der Waals surface area contributed by atoms with Gasteiger partial charge in [0.1, 0.15) is 0 Å². The molecule has 0 saturated carbocycles. The lowest BCUT2D eigenvalue weighted by Gasteiger charge is -2.19. The number of methoxy groups -OCH3 is 1. The Morgan fingerprint density at radius 3 is 1.93 bits per heavy atom. The van der Waals surface area contributed by atoms with E-state index in [4.69, 9.17) is 4.74 Å². The van der Waals surface area contributed by atoms with Crippen molar-refractivity contribution in [1.29, 1.82) is 0 Å². The number of rotatable bonds is 8. The molecule has 2 aromatic rings. The second-order valence-corrected chi connectivity index (χ2v) is 7.81. The molecule has 0 aliphatic carbocycles. The van der Waals surface area contributed by atoms with Crippen LogP contribution in [0.15, 0.2) is 48.5 Å². The third-order valence-electron chi connectivity index (χ3n) is 4.49. The van der Waals surface area contributed by atoms with Crippen molar-refractivity contribution in [2.45, 2.75) is 39.2 Å². The topological polar surface area (TPSA) is 67.4 Å². The molecular formula is C23H30N2O3. The van der Waals surface area contributed by atoms with Crippen LogP contribution in [-0.4, -0.2) is 32.1 Å². The van der Waals surface area contributed by atoms with Crippen LogP contribution in [0.25, 0.3) is 0 Å². The van der Waals surface area contributed by atoms with Gasteiger partial charge in [0.2, 0.25) is 0 Å². The predicted octanol–water partition coefficient (Wildman–Crippen LogP) is 3.68. The highest BCUT2D eigenvalue weighted by atomic mass is 16.5. The summed E-state index contributed by atoms with van der Waals surface area (Å²) in [5.74, 6) is -0.217. The lowest BCUT2D eigenvalue weighted by atomic mass is 9.87. The van der Waals surface area contributed by atoms with Gasteiger partial charge in [-0.2, -0.15) is 0 Å². The van der Waals surface area contributed by atoms with Crippen molar-refractivity contribution in [3.8, 4) is 0 Å². The van der Waals surface area contributed by atoms with Gasteiger partial charge < -0.3 is 15.4 Å². The van der Waals surface area contributed by atoms with Crippen LogP contribution in [0, 0.1) is 0 Å². The van der Waals surface area contributed by atoms with Crippen molar-refractivity contribution in [2.24, 2.45) is 0 Å². The minimum atomic E-state index is -0.111. The summed E-state index contributed by atoms with van der Waals surface area (Å²) in [5, 5.41) is 5.77. The molecular weight excluding hydrogens is 352 g/mol. The van der Waals surface area contributed by atoms with Crippen LogP contribution >= 0.6 is 0 Å². The highest BCUT2D eigenvalue weighted by Gasteiger charge is 2.14. The largest absolute Gasteiger partial charge is 0.385 e. The van der Waals surface area contributed by atoms with Gasteiger partial charge in [-0.25, -0.2) is 0 Å². The molecule has 0 unspecified atom stereocenters. The standard InChI is InChI=1S/C23H30N2O3/c1-23(2,3)20-12-10-19(11-13-20)22(27)25-16-17-6-8-18(9-7-17)21(26)24-14-5-15-28-4/h6-13H,5,14-16H2,1-4H3,(H,24,26)(H,25,27). The maximum absolute atomic E-state index is 12.3. The zero-order valence-electron chi connectivity index (χ0n) is 17.2. The molecule has 150 valence electrons. The first-order valence-electron chi connectivity index (χ1n) is 9.56. The van der Waals surface area contributed by atoms with E-state index in [1.165, 1.54) is 5.56 Å². The van der Waals surface area contributed by atoms with Crippen molar-refractivity contribution in [1.82, 2.24) is 10.6 Å². The summed E-state index contributed by atoms with van der Waals surface area (Å²) < 4.78 is 4.96. The normalized spacial score (nSPS) is 11.1. The molecule has 0 heterocycles. The highest BCUT2D eigenvalue weighted by Crippen LogP contribution is 2.22. The maximum Gasteiger partial charge on any atom is 0.251 e. The molecule has 2 aromatic carbocycles. The van der Waals surface area contributed by atoms with E-state index in [1.807, 2.05) is 36.4 Å². The maximum atomic E-state index is 12.3. The smallest absolute Gasteiger partial charge is 0.251 e. The van der Waals surface area contributed by atoms with Gasteiger partial charge in [-0.05, 0) is 47.2 Å². The second-order valence-electron chi connectivity index (χ2n) is 7.81. The highest BCUT2D eigenvalue weighted by molar-refractivity contribution is 5.95. The van der Waals surface area contributed by atoms with Gasteiger partial charge in [-0.1, -0.05) is 45.0 Å². The van der Waals surface area contributed by atoms with E-state index in [0.717, 1.165) is 12.0 Å². The van der Waals surface area contributed by atoms with Crippen LogP contribution < -0.4 is 10.6 Å². The van der Waals surface area contributed by atoms with Crippen molar-refractivity contribution < 1.29 is 14.3 Å². The summed E-state index contributed by atoms with van der Waals surface area (Å²) in [5.41, 5.74) is 3.44. The van der Waals surface area contributed by atoms with Crippen molar-refractivity contribution >= 4 is 11.8 Å². The minimum absolute atomic E-state index is 0.0623. The van der Waals surface area contributed by atoms with Crippen molar-refractivity contribution in [3.63, 3.8) is 0 Å². The average Bonchev–Trinajstić information content (AvgIpc) is 2.69. The van der Waals surface area contributed by atoms with E-state index in [1.54, 1.807) is 19.2 Å². The van der Waals surface area contributed by atoms with Crippen LogP contribution in [0.5, 0.6) is 0 Å². The molecule has 28 heavy (non-hydrogen) atoms. The number of amides is 2. The monoisotopic (exact) mass is 382 g/mol. The van der Waals surface area contributed by atoms with Gasteiger partial charge in [-0.3, -0.25) is 9.59 Å². The lowest BCUT2D eigenvalue weighted by Crippen LogP contribution is -2.25. The van der Waals surface area contributed by atoms with E-state index in [2.05, 4.69) is 31.4 Å². The van der Waals surface area contributed by atoms with E-state index < -0.39 is 0 Å². The van der Waals surface area contributed by atoms with Crippen LogP contribution in [0.3, 0.4) is 0 Å². The predicted molar refractivity (Wildman–Crippen MR) is 112 cm³/mol. The van der Waals surface area contributed by atoms with Gasteiger partial charge in [-0.15, -0.1) is 0 Å². The summed E-state index contributed by atoms with van der Waals surface area (Å²) in [7, 11) is 1.64. The molecule has 0 fully saturated rings. The Morgan fingerprint density at radius 1 is 0.857 bits per heavy atom. The fourth-order valence-corrected chi connectivity index (χ4v) is 2.70. The first-order chi connectivity index (χ1) is 13.3. The number of hydrogen-bond acceptors (Lipinski definition) is 3. The molecule has 0 aliphatic rings. The molecule has 0 atom stereocenters. The summed E-state index contributed by atoms with van der Waals surface area (Å²) in [6.07, 6.45) is 0.781. The molecule has 2 rings (SSSR count). The van der Waals surface area contributed by atoms with E-state index in [9.17, 15) is 9.59 Å². The molecule has 2 amide bonds. The number of hydrogen-bond donors (Lipinski definition) is 2. The molecule has 0 aliphatic heterocycles. The van der Waals surface area contributed by atoms with Gasteiger partial charge in [0.15, 0.2) is 0 Å². The Morgan fingerprint density at radius 2 is 1.39 bits per heavy atom. The van der Waals surface area contributed by atoms with Gasteiger partial charge >= 0.3 is 0 Å². The first-order valence-corrected chi connectivity index (χ1v) is 9.56. The molecule has 5 heteroatoms. The van der Waals surface area contributed by atoms with E-state index in [-0.39, 0.29) is 17.2 Å². The molecule has 0 radical (unpaired) electrons. The Labute approximate surface area is 167 Å². The van der Waals surface area contributed by atoms with Crippen LogP contribution in [0.4, 0.5) is 0 Å². The zero-order chi connectivity index (χ0) is 20.6. The molecule has 0 aromatic heterocycles. The Bertz CT molecular complexity index is 775. The second kappa shape index (κ2) is 10.0. The van der Waals surface area contributed by atoms with Gasteiger partial charge in [0.05, 0.1) is 0 Å². The fraction of sp³-hybridized carbons (Fsp3) is 0.391. The number of carbonyl (C=O) groups is 2. The van der Waals surface area contributed by atoms with Crippen molar-refractivity contribution in [2.75, 3.05) is 20.3 Å². The Kier molecular flexibility index (Phi) is 7.76. The first kappa shape index (κ1) is 21.6. The Hall–Kier alpha value is -2.66. The average molecular weight is 383 g/mol. The zero-order valence-corrected chi connectivity index (χ0v) is 17.2. The summed E-state index contributed by atoms with van der Waals surface area (Å²) in [6, 6.07) is 14.9. The Balaban J connectivity index is 1.85. The van der Waals surface area contributed by atoms with Gasteiger partial charge in [0.25, 0.3) is 11.8 Å². The molecule has 0 bridgehead atoms. The fourth-order valence-electron chi connectivity index (χ4n) is 2.70. The third kappa shape index (κ3) is 6.50. The van der Waals surface area contributed by atoms with Gasteiger partial charge in [0, 0.05) is 37.9 Å². The minimum Gasteiger partial charge on any atom is -0.385 e. The summed E-state index contributed by atoms with van der Waals surface area (Å²) >= 11 is 0. The lowest BCUT2D eigenvalue weighted by molar-refractivity contribution is 0.0940.